The molecule has 2 aromatic carbocycles. The van der Waals surface area contributed by atoms with Crippen LogP contribution >= 0.6 is 0 Å². The summed E-state index contributed by atoms with van der Waals surface area (Å²) >= 11 is 0. The van der Waals surface area contributed by atoms with Gasteiger partial charge < -0.3 is 15.8 Å². The minimum absolute atomic E-state index is 0.0572. The van der Waals surface area contributed by atoms with E-state index in [4.69, 9.17) is 15.7 Å². The number of hydrogen-bond acceptors (Lipinski definition) is 7. The third kappa shape index (κ3) is 5.16. The minimum Gasteiger partial charge on any atom is -0.489 e. The number of fused-ring (bicyclic) bond motifs is 1. The molecule has 1 fully saturated rings. The first-order chi connectivity index (χ1) is 15.5. The molecule has 8 nitrogen and oxygen atoms in total. The summed E-state index contributed by atoms with van der Waals surface area (Å²) in [7, 11) is 0. The number of anilines is 1. The Balaban J connectivity index is 1.37. The van der Waals surface area contributed by atoms with E-state index < -0.39 is 11.9 Å². The van der Waals surface area contributed by atoms with Gasteiger partial charge in [-0.05, 0) is 49.7 Å². The maximum absolute atomic E-state index is 12.1. The van der Waals surface area contributed by atoms with Crippen molar-refractivity contribution < 1.29 is 14.7 Å². The number of carbonyl (C=O) groups excluding carboxylic acids is 1. The molecule has 1 aliphatic rings. The maximum Gasteiger partial charge on any atom is 0.262 e. The van der Waals surface area contributed by atoms with Gasteiger partial charge in [0.1, 0.15) is 18.4 Å². The largest absolute Gasteiger partial charge is 0.489 e. The molecule has 1 aliphatic heterocycles. The maximum atomic E-state index is 12.1. The van der Waals surface area contributed by atoms with E-state index in [0.29, 0.717) is 19.7 Å². The smallest absolute Gasteiger partial charge is 0.262 e. The van der Waals surface area contributed by atoms with Gasteiger partial charge in [-0.3, -0.25) is 19.9 Å². The van der Waals surface area contributed by atoms with Crippen molar-refractivity contribution in [2.75, 3.05) is 25.0 Å². The molecular weight excluding hydrogens is 406 g/mol. The molecule has 1 amide bonds. The summed E-state index contributed by atoms with van der Waals surface area (Å²) < 4.78 is 6.01. The SMILES string of the molecule is Cc1cc(COc2ccc(NC[C@@H](C(=O)NO)N3CCC(N)C3)cc2)c2ccccc2n1. The van der Waals surface area contributed by atoms with Gasteiger partial charge in [-0.2, -0.15) is 0 Å². The van der Waals surface area contributed by atoms with E-state index in [0.717, 1.165) is 46.6 Å². The number of likely N-dealkylation sites (tertiary alicyclic amines) is 1. The standard InChI is InChI=1S/C24H29N5O3/c1-16-12-17(21-4-2-3-5-22(21)27-16)15-32-20-8-6-19(7-9-20)26-13-23(24(30)28-31)29-11-10-18(25)14-29/h2-9,12,18,23,26,31H,10-11,13-15,25H2,1H3,(H,28,30)/t18?,23-/m0/s1. The van der Waals surface area contributed by atoms with Crippen molar-refractivity contribution in [2.24, 2.45) is 5.73 Å². The van der Waals surface area contributed by atoms with Crippen LogP contribution in [0.1, 0.15) is 17.7 Å². The van der Waals surface area contributed by atoms with Crippen molar-refractivity contribution in [1.29, 1.82) is 0 Å². The number of aryl methyl sites for hydroxylation is 1. The van der Waals surface area contributed by atoms with Crippen LogP contribution < -0.4 is 21.3 Å². The number of rotatable bonds is 8. The van der Waals surface area contributed by atoms with Crippen LogP contribution in [0.4, 0.5) is 5.69 Å². The topological polar surface area (TPSA) is 113 Å². The molecule has 8 heteroatoms. The average Bonchev–Trinajstić information content (AvgIpc) is 3.23. The van der Waals surface area contributed by atoms with Crippen molar-refractivity contribution in [1.82, 2.24) is 15.4 Å². The Bertz CT molecular complexity index is 1070. The van der Waals surface area contributed by atoms with Gasteiger partial charge in [-0.1, -0.05) is 18.2 Å². The fourth-order valence-electron chi connectivity index (χ4n) is 4.12. The Morgan fingerprint density at radius 2 is 2.06 bits per heavy atom. The zero-order chi connectivity index (χ0) is 22.5. The Kier molecular flexibility index (Phi) is 6.84. The number of nitrogens with one attached hydrogen (secondary N) is 2. The molecule has 168 valence electrons. The summed E-state index contributed by atoms with van der Waals surface area (Å²) in [5.41, 5.74) is 11.6. The van der Waals surface area contributed by atoms with E-state index in [2.05, 4.69) is 22.4 Å². The lowest BCUT2D eigenvalue weighted by Crippen LogP contribution is -2.49. The average molecular weight is 436 g/mol. The first-order valence-corrected chi connectivity index (χ1v) is 10.8. The Morgan fingerprint density at radius 1 is 1.28 bits per heavy atom. The van der Waals surface area contributed by atoms with Crippen LogP contribution in [0.2, 0.25) is 0 Å². The van der Waals surface area contributed by atoms with Crippen LogP contribution in [0, 0.1) is 6.92 Å². The molecule has 1 unspecified atom stereocenters. The van der Waals surface area contributed by atoms with Crippen molar-refractivity contribution in [3.8, 4) is 5.75 Å². The highest BCUT2D eigenvalue weighted by molar-refractivity contribution is 5.82. The quantitative estimate of drug-likeness (QED) is 0.318. The number of amides is 1. The van der Waals surface area contributed by atoms with Gasteiger partial charge in [0, 0.05) is 48.0 Å². The van der Waals surface area contributed by atoms with Crippen LogP contribution in [0.15, 0.2) is 54.6 Å². The number of pyridine rings is 1. The summed E-state index contributed by atoms with van der Waals surface area (Å²) in [5.74, 6) is 0.315. The van der Waals surface area contributed by atoms with Gasteiger partial charge in [-0.15, -0.1) is 0 Å². The van der Waals surface area contributed by atoms with Gasteiger partial charge in [0.25, 0.3) is 5.91 Å². The molecule has 0 saturated carbocycles. The highest BCUT2D eigenvalue weighted by atomic mass is 16.5. The number of nitrogens with two attached hydrogens (primary N) is 1. The van der Waals surface area contributed by atoms with Crippen molar-refractivity contribution >= 4 is 22.5 Å². The van der Waals surface area contributed by atoms with E-state index in [1.54, 1.807) is 5.48 Å². The van der Waals surface area contributed by atoms with Crippen LogP contribution in [0.5, 0.6) is 5.75 Å². The molecule has 0 spiro atoms. The van der Waals surface area contributed by atoms with Gasteiger partial charge in [0.05, 0.1) is 5.52 Å². The van der Waals surface area contributed by atoms with Crippen LogP contribution in [0.25, 0.3) is 10.9 Å². The highest BCUT2D eigenvalue weighted by Crippen LogP contribution is 2.22. The number of aromatic nitrogens is 1. The van der Waals surface area contributed by atoms with Gasteiger partial charge in [0.15, 0.2) is 0 Å². The number of nitrogens with zero attached hydrogens (tertiary/aromatic N) is 2. The summed E-state index contributed by atoms with van der Waals surface area (Å²) in [6.45, 7) is 4.16. The number of carbonyl (C=O) groups is 1. The van der Waals surface area contributed by atoms with Crippen molar-refractivity contribution in [3.63, 3.8) is 0 Å². The molecule has 1 saturated heterocycles. The Labute approximate surface area is 187 Å². The fraction of sp³-hybridized carbons (Fsp3) is 0.333. The number of ether oxygens (including phenoxy) is 1. The van der Waals surface area contributed by atoms with Gasteiger partial charge in [0.2, 0.25) is 0 Å². The molecule has 2 heterocycles. The minimum atomic E-state index is -0.493. The highest BCUT2D eigenvalue weighted by Gasteiger charge is 2.30. The van der Waals surface area contributed by atoms with E-state index in [9.17, 15) is 4.79 Å². The van der Waals surface area contributed by atoms with E-state index in [-0.39, 0.29) is 6.04 Å². The Morgan fingerprint density at radius 3 is 2.78 bits per heavy atom. The fourth-order valence-corrected chi connectivity index (χ4v) is 4.12. The predicted octanol–water partition coefficient (Wildman–Crippen LogP) is 2.44. The van der Waals surface area contributed by atoms with Crippen LogP contribution in [0.3, 0.4) is 0 Å². The summed E-state index contributed by atoms with van der Waals surface area (Å²) in [6.07, 6.45) is 0.841. The molecule has 4 rings (SSSR count). The third-order valence-corrected chi connectivity index (χ3v) is 5.79. The summed E-state index contributed by atoms with van der Waals surface area (Å²) in [6, 6.07) is 17.3. The molecule has 32 heavy (non-hydrogen) atoms. The number of para-hydroxylation sites is 1. The summed E-state index contributed by atoms with van der Waals surface area (Å²) in [5, 5.41) is 13.5. The second-order valence-electron chi connectivity index (χ2n) is 8.17. The lowest BCUT2D eigenvalue weighted by atomic mass is 10.1. The van der Waals surface area contributed by atoms with E-state index in [1.807, 2.05) is 54.3 Å². The molecule has 0 aliphatic carbocycles. The van der Waals surface area contributed by atoms with Crippen molar-refractivity contribution in [2.45, 2.75) is 32.0 Å². The van der Waals surface area contributed by atoms with Crippen molar-refractivity contribution in [3.05, 3.63) is 65.9 Å². The molecule has 0 radical (unpaired) electrons. The van der Waals surface area contributed by atoms with Crippen LogP contribution in [-0.2, 0) is 11.4 Å². The number of benzene rings is 2. The lowest BCUT2D eigenvalue weighted by molar-refractivity contribution is -0.134. The molecule has 0 bridgehead atoms. The summed E-state index contributed by atoms with van der Waals surface area (Å²) in [4.78, 5) is 18.7. The van der Waals surface area contributed by atoms with Crippen LogP contribution in [-0.4, -0.2) is 52.7 Å². The van der Waals surface area contributed by atoms with E-state index >= 15 is 0 Å². The van der Waals surface area contributed by atoms with E-state index in [1.165, 1.54) is 0 Å². The third-order valence-electron chi connectivity index (χ3n) is 5.79. The normalized spacial score (nSPS) is 17.3. The molecule has 3 aromatic rings. The van der Waals surface area contributed by atoms with Gasteiger partial charge >= 0.3 is 0 Å². The monoisotopic (exact) mass is 435 g/mol. The molecule has 5 N–H and O–H groups in total. The zero-order valence-electron chi connectivity index (χ0n) is 18.1. The second kappa shape index (κ2) is 9.95. The first-order valence-electron chi connectivity index (χ1n) is 10.8. The predicted molar refractivity (Wildman–Crippen MR) is 124 cm³/mol. The zero-order valence-corrected chi connectivity index (χ0v) is 18.1. The van der Waals surface area contributed by atoms with Gasteiger partial charge in [-0.25, -0.2) is 5.48 Å². The second-order valence-corrected chi connectivity index (χ2v) is 8.17. The number of hydrogen-bond donors (Lipinski definition) is 4. The lowest BCUT2D eigenvalue weighted by Gasteiger charge is -2.26. The first kappa shape index (κ1) is 22.0. The molecule has 2 atom stereocenters. The Hall–Kier alpha value is -3.20. The molecular formula is C24H29N5O3. The molecule has 1 aromatic heterocycles. The number of hydroxylamine groups is 1.